The Hall–Kier alpha value is -3.03. The highest BCUT2D eigenvalue weighted by Gasteiger charge is 2.24. The minimum absolute atomic E-state index is 0.0264. The minimum Gasteiger partial charge on any atom is -0.306 e. The number of hydrogen-bond donors (Lipinski definition) is 1. The van der Waals surface area contributed by atoms with Gasteiger partial charge in [-0.05, 0) is 37.4 Å². The highest BCUT2D eigenvalue weighted by Crippen LogP contribution is 2.25. The van der Waals surface area contributed by atoms with Gasteiger partial charge in [0.2, 0.25) is 0 Å². The fourth-order valence-corrected chi connectivity index (χ4v) is 4.76. The molecule has 0 saturated carbocycles. The number of rotatable bonds is 4. The van der Waals surface area contributed by atoms with Gasteiger partial charge < -0.3 is 4.98 Å². The van der Waals surface area contributed by atoms with Crippen LogP contribution >= 0.6 is 11.3 Å². The molecule has 7 heteroatoms. The molecule has 1 aliphatic rings. The Labute approximate surface area is 178 Å². The lowest BCUT2D eigenvalue weighted by Gasteiger charge is -2.27. The minimum atomic E-state index is -0.0264. The lowest BCUT2D eigenvalue weighted by molar-refractivity contribution is 0.241. The molecule has 4 heterocycles. The highest BCUT2D eigenvalue weighted by atomic mass is 32.1. The molecule has 5 rings (SSSR count). The lowest BCUT2D eigenvalue weighted by atomic mass is 10.1. The third kappa shape index (κ3) is 3.40. The number of aromatic nitrogens is 4. The second-order valence-corrected chi connectivity index (χ2v) is 8.62. The van der Waals surface area contributed by atoms with E-state index >= 15 is 0 Å². The van der Waals surface area contributed by atoms with Crippen LogP contribution in [-0.2, 0) is 19.5 Å². The van der Waals surface area contributed by atoms with Crippen molar-refractivity contribution in [2.45, 2.75) is 33.4 Å². The van der Waals surface area contributed by atoms with Crippen LogP contribution in [0.5, 0.6) is 0 Å². The van der Waals surface area contributed by atoms with Gasteiger partial charge in [-0.15, -0.1) is 11.3 Å². The van der Waals surface area contributed by atoms with Crippen molar-refractivity contribution in [1.82, 2.24) is 24.6 Å². The van der Waals surface area contributed by atoms with Crippen molar-refractivity contribution in [3.05, 3.63) is 86.4 Å². The maximum absolute atomic E-state index is 12.8. The zero-order valence-corrected chi connectivity index (χ0v) is 17.9. The van der Waals surface area contributed by atoms with Gasteiger partial charge in [0.25, 0.3) is 5.56 Å². The third-order valence-corrected chi connectivity index (χ3v) is 6.60. The molecule has 0 saturated heterocycles. The smallest absolute Gasteiger partial charge is 0.255 e. The first-order valence-electron chi connectivity index (χ1n) is 10.1. The molecule has 0 aliphatic carbocycles. The zero-order valence-electron chi connectivity index (χ0n) is 17.1. The Kier molecular flexibility index (Phi) is 4.84. The molecule has 4 aromatic rings. The van der Waals surface area contributed by atoms with Crippen molar-refractivity contribution in [3.8, 4) is 16.4 Å². The molecule has 3 aromatic heterocycles. The molecule has 0 bridgehead atoms. The number of nitrogens with one attached hydrogen (secondary N) is 1. The SMILES string of the molecule is Cc1nn(-c2ccccc2)c(C)c1CN1CCc2nc(-c3cccs3)[nH]c(=O)c2C1. The lowest BCUT2D eigenvalue weighted by Crippen LogP contribution is -2.35. The Morgan fingerprint density at radius 1 is 1.13 bits per heavy atom. The largest absolute Gasteiger partial charge is 0.306 e. The van der Waals surface area contributed by atoms with Gasteiger partial charge in [0.05, 0.1) is 27.5 Å². The first-order chi connectivity index (χ1) is 14.6. The van der Waals surface area contributed by atoms with E-state index in [1.807, 2.05) is 40.4 Å². The van der Waals surface area contributed by atoms with Crippen molar-refractivity contribution < 1.29 is 0 Å². The molecule has 6 nitrogen and oxygen atoms in total. The molecule has 0 amide bonds. The van der Waals surface area contributed by atoms with Gasteiger partial charge >= 0.3 is 0 Å². The van der Waals surface area contributed by atoms with E-state index in [1.165, 1.54) is 5.56 Å². The van der Waals surface area contributed by atoms with Crippen LogP contribution in [0, 0.1) is 13.8 Å². The maximum atomic E-state index is 12.8. The van der Waals surface area contributed by atoms with Crippen molar-refractivity contribution in [1.29, 1.82) is 0 Å². The van der Waals surface area contributed by atoms with Crippen LogP contribution in [0.15, 0.2) is 52.6 Å². The first-order valence-corrected chi connectivity index (χ1v) is 11.0. The molecule has 152 valence electrons. The van der Waals surface area contributed by atoms with Gasteiger partial charge in [0.1, 0.15) is 0 Å². The summed E-state index contributed by atoms with van der Waals surface area (Å²) < 4.78 is 2.00. The fraction of sp³-hybridized carbons (Fsp3) is 0.261. The Morgan fingerprint density at radius 2 is 1.97 bits per heavy atom. The van der Waals surface area contributed by atoms with E-state index in [-0.39, 0.29) is 5.56 Å². The van der Waals surface area contributed by atoms with E-state index < -0.39 is 0 Å². The number of aryl methyl sites for hydroxylation is 1. The predicted octanol–water partition coefficient (Wildman–Crippen LogP) is 3.86. The fourth-order valence-electron chi connectivity index (χ4n) is 4.09. The topological polar surface area (TPSA) is 66.8 Å². The van der Waals surface area contributed by atoms with E-state index in [0.717, 1.165) is 52.7 Å². The predicted molar refractivity (Wildman–Crippen MR) is 119 cm³/mol. The third-order valence-electron chi connectivity index (χ3n) is 5.73. The molecular weight excluding hydrogens is 394 g/mol. The summed E-state index contributed by atoms with van der Waals surface area (Å²) in [6.45, 7) is 6.43. The van der Waals surface area contributed by atoms with Crippen molar-refractivity contribution in [3.63, 3.8) is 0 Å². The Morgan fingerprint density at radius 3 is 2.73 bits per heavy atom. The van der Waals surface area contributed by atoms with Crippen molar-refractivity contribution in [2.24, 2.45) is 0 Å². The number of H-pyrrole nitrogens is 1. The van der Waals surface area contributed by atoms with Crippen LogP contribution in [0.3, 0.4) is 0 Å². The van der Waals surface area contributed by atoms with Crippen LogP contribution in [-0.4, -0.2) is 31.2 Å². The number of thiophene rings is 1. The van der Waals surface area contributed by atoms with Crippen molar-refractivity contribution in [2.75, 3.05) is 6.54 Å². The zero-order chi connectivity index (χ0) is 20.7. The van der Waals surface area contributed by atoms with Crippen molar-refractivity contribution >= 4 is 11.3 Å². The molecule has 1 N–H and O–H groups in total. The second kappa shape index (κ2) is 7.66. The number of benzene rings is 1. The molecule has 0 spiro atoms. The number of para-hydroxylation sites is 1. The molecule has 0 radical (unpaired) electrons. The summed E-state index contributed by atoms with van der Waals surface area (Å²) in [6.07, 6.45) is 0.780. The summed E-state index contributed by atoms with van der Waals surface area (Å²) in [7, 11) is 0. The van der Waals surface area contributed by atoms with Crippen LogP contribution in [0.1, 0.15) is 28.2 Å². The summed E-state index contributed by atoms with van der Waals surface area (Å²) in [4.78, 5) is 23.8. The summed E-state index contributed by atoms with van der Waals surface area (Å²) in [6, 6.07) is 14.2. The van der Waals surface area contributed by atoms with Gasteiger partial charge in [-0.2, -0.15) is 5.10 Å². The molecule has 0 fully saturated rings. The summed E-state index contributed by atoms with van der Waals surface area (Å²) in [5.74, 6) is 0.679. The quantitative estimate of drug-likeness (QED) is 0.548. The number of fused-ring (bicyclic) bond motifs is 1. The molecule has 1 aromatic carbocycles. The van der Waals surface area contributed by atoms with E-state index in [4.69, 9.17) is 10.1 Å². The highest BCUT2D eigenvalue weighted by molar-refractivity contribution is 7.13. The van der Waals surface area contributed by atoms with E-state index in [2.05, 4.69) is 35.9 Å². The van der Waals surface area contributed by atoms with Crippen LogP contribution in [0.25, 0.3) is 16.4 Å². The normalized spacial score (nSPS) is 14.1. The standard InChI is InChI=1S/C23H23N5OS/c1-15-18(16(2)28(26-15)17-7-4-3-5-8-17)13-27-11-10-20-19(14-27)23(29)25-22(24-20)21-9-6-12-30-21/h3-9,12H,10-11,13-14H2,1-2H3,(H,24,25,29). The van der Waals surface area contributed by atoms with Gasteiger partial charge in [-0.3, -0.25) is 9.69 Å². The van der Waals surface area contributed by atoms with Gasteiger partial charge in [0.15, 0.2) is 5.82 Å². The Balaban J connectivity index is 1.40. The van der Waals surface area contributed by atoms with Crippen LogP contribution in [0.2, 0.25) is 0 Å². The average Bonchev–Trinajstić information content (AvgIpc) is 3.39. The Bertz CT molecular complexity index is 1240. The van der Waals surface area contributed by atoms with Crippen LogP contribution in [0.4, 0.5) is 0 Å². The average molecular weight is 418 g/mol. The summed E-state index contributed by atoms with van der Waals surface area (Å²) in [5.41, 5.74) is 6.14. The molecule has 30 heavy (non-hydrogen) atoms. The van der Waals surface area contributed by atoms with E-state index in [1.54, 1.807) is 11.3 Å². The van der Waals surface area contributed by atoms with E-state index in [0.29, 0.717) is 12.4 Å². The van der Waals surface area contributed by atoms with Gasteiger partial charge in [-0.1, -0.05) is 24.3 Å². The number of aromatic amines is 1. The second-order valence-electron chi connectivity index (χ2n) is 7.67. The van der Waals surface area contributed by atoms with E-state index in [9.17, 15) is 4.79 Å². The number of hydrogen-bond acceptors (Lipinski definition) is 5. The number of nitrogens with zero attached hydrogens (tertiary/aromatic N) is 4. The van der Waals surface area contributed by atoms with Gasteiger partial charge in [0, 0.05) is 37.3 Å². The molecular formula is C23H23N5OS. The van der Waals surface area contributed by atoms with Crippen LogP contribution < -0.4 is 5.56 Å². The first kappa shape index (κ1) is 19.0. The molecule has 0 unspecified atom stereocenters. The summed E-state index contributed by atoms with van der Waals surface area (Å²) >= 11 is 1.59. The monoisotopic (exact) mass is 417 g/mol. The van der Waals surface area contributed by atoms with Gasteiger partial charge in [-0.25, -0.2) is 9.67 Å². The summed E-state index contributed by atoms with van der Waals surface area (Å²) in [5, 5.41) is 6.76. The molecule has 0 atom stereocenters. The maximum Gasteiger partial charge on any atom is 0.255 e. The molecule has 1 aliphatic heterocycles.